The van der Waals surface area contributed by atoms with Gasteiger partial charge in [-0.2, -0.15) is 8.78 Å². The summed E-state index contributed by atoms with van der Waals surface area (Å²) in [7, 11) is 0. The number of benzene rings is 1. The molecule has 28 heavy (non-hydrogen) atoms. The van der Waals surface area contributed by atoms with Crippen LogP contribution >= 0.6 is 24.0 Å². The van der Waals surface area contributed by atoms with Crippen molar-refractivity contribution in [2.75, 3.05) is 19.7 Å². The molecule has 1 aliphatic rings. The van der Waals surface area contributed by atoms with Crippen molar-refractivity contribution in [1.82, 2.24) is 10.6 Å². The number of nitrogens with zero attached hydrogens (tertiary/aromatic N) is 1. The van der Waals surface area contributed by atoms with Crippen molar-refractivity contribution in [1.29, 1.82) is 0 Å². The van der Waals surface area contributed by atoms with E-state index in [4.69, 9.17) is 4.74 Å². The van der Waals surface area contributed by atoms with Crippen LogP contribution in [0.25, 0.3) is 0 Å². The number of hydrogen-bond acceptors (Lipinski definition) is 4. The van der Waals surface area contributed by atoms with Gasteiger partial charge >= 0.3 is 6.61 Å². The molecule has 2 rings (SSSR count). The molecule has 0 spiro atoms. The zero-order chi connectivity index (χ0) is 19.7. The van der Waals surface area contributed by atoms with E-state index in [0.29, 0.717) is 31.2 Å². The number of guanidine groups is 1. The van der Waals surface area contributed by atoms with E-state index in [0.717, 1.165) is 25.7 Å². The summed E-state index contributed by atoms with van der Waals surface area (Å²) in [5.41, 5.74) is -0.215. The first kappa shape index (κ1) is 24.7. The predicted octanol–water partition coefficient (Wildman–Crippen LogP) is 3.66. The zero-order valence-electron chi connectivity index (χ0n) is 16.3. The van der Waals surface area contributed by atoms with Gasteiger partial charge in [-0.15, -0.1) is 24.0 Å². The molecule has 0 amide bonds. The van der Waals surface area contributed by atoms with Crippen molar-refractivity contribution in [3.8, 4) is 11.5 Å². The van der Waals surface area contributed by atoms with Gasteiger partial charge in [-0.05, 0) is 32.8 Å². The highest BCUT2D eigenvalue weighted by Gasteiger charge is 2.31. The Balaban J connectivity index is 0.00000392. The lowest BCUT2D eigenvalue weighted by atomic mass is 10.0. The fourth-order valence-corrected chi connectivity index (χ4v) is 3.14. The molecule has 6 nitrogen and oxygen atoms in total. The molecule has 1 aromatic carbocycles. The lowest BCUT2D eigenvalue weighted by Gasteiger charge is -2.24. The van der Waals surface area contributed by atoms with Crippen LogP contribution in [0.4, 0.5) is 8.78 Å². The van der Waals surface area contributed by atoms with Gasteiger partial charge in [-0.25, -0.2) is 4.99 Å². The third-order valence-electron chi connectivity index (χ3n) is 4.44. The predicted molar refractivity (Wildman–Crippen MR) is 116 cm³/mol. The van der Waals surface area contributed by atoms with Crippen LogP contribution in [0, 0.1) is 0 Å². The summed E-state index contributed by atoms with van der Waals surface area (Å²) in [5, 5.41) is 16.7. The average Bonchev–Trinajstić information content (AvgIpc) is 3.06. The van der Waals surface area contributed by atoms with Gasteiger partial charge in [0, 0.05) is 18.7 Å². The summed E-state index contributed by atoms with van der Waals surface area (Å²) in [6.45, 7) is 2.28. The second kappa shape index (κ2) is 12.3. The number of nitrogens with one attached hydrogen (secondary N) is 2. The number of halogens is 3. The van der Waals surface area contributed by atoms with Gasteiger partial charge in [0.2, 0.25) is 0 Å². The monoisotopic (exact) mass is 513 g/mol. The van der Waals surface area contributed by atoms with Crippen molar-refractivity contribution in [3.63, 3.8) is 0 Å². The van der Waals surface area contributed by atoms with E-state index in [2.05, 4.69) is 20.4 Å². The highest BCUT2D eigenvalue weighted by atomic mass is 127. The standard InChI is InChI=1S/C19H29F2N3O3.HI/c1-3-22-18(24-13-19(25)10-5-6-11-19)23-12-14-8-7-9-15(26-4-2)16(14)27-17(20)21;/h7-9,17,25H,3-6,10-13H2,1-2H3,(H2,22,23,24);1H. The maximum absolute atomic E-state index is 12.8. The minimum atomic E-state index is -2.95. The van der Waals surface area contributed by atoms with E-state index in [9.17, 15) is 13.9 Å². The molecule has 0 aliphatic heterocycles. The molecule has 1 aromatic rings. The van der Waals surface area contributed by atoms with E-state index in [1.165, 1.54) is 0 Å². The van der Waals surface area contributed by atoms with Gasteiger partial charge in [0.25, 0.3) is 0 Å². The second-order valence-electron chi connectivity index (χ2n) is 6.54. The van der Waals surface area contributed by atoms with Crippen LogP contribution in [-0.4, -0.2) is 43.0 Å². The van der Waals surface area contributed by atoms with Crippen molar-refractivity contribution >= 4 is 29.9 Å². The SMILES string of the molecule is CCNC(=NCc1cccc(OCC)c1OC(F)F)NCC1(O)CCCC1.I. The Morgan fingerprint density at radius 3 is 2.57 bits per heavy atom. The molecule has 0 saturated heterocycles. The lowest BCUT2D eigenvalue weighted by molar-refractivity contribution is -0.0520. The Bertz CT molecular complexity index is 626. The summed E-state index contributed by atoms with van der Waals surface area (Å²) in [6.07, 6.45) is 3.57. The number of ether oxygens (including phenoxy) is 2. The van der Waals surface area contributed by atoms with Crippen molar-refractivity contribution in [2.24, 2.45) is 4.99 Å². The topological polar surface area (TPSA) is 75.1 Å². The second-order valence-corrected chi connectivity index (χ2v) is 6.54. The fourth-order valence-electron chi connectivity index (χ4n) is 3.14. The van der Waals surface area contributed by atoms with Crippen molar-refractivity contribution in [2.45, 2.75) is 58.3 Å². The zero-order valence-corrected chi connectivity index (χ0v) is 18.7. The number of aliphatic hydroxyl groups is 1. The Hall–Kier alpha value is -1.36. The highest BCUT2D eigenvalue weighted by Crippen LogP contribution is 2.33. The van der Waals surface area contributed by atoms with E-state index in [1.54, 1.807) is 25.1 Å². The van der Waals surface area contributed by atoms with E-state index in [-0.39, 0.29) is 42.0 Å². The first-order chi connectivity index (χ1) is 13.0. The van der Waals surface area contributed by atoms with Crippen LogP contribution < -0.4 is 20.1 Å². The van der Waals surface area contributed by atoms with Gasteiger partial charge in [0.05, 0.1) is 18.8 Å². The molecule has 1 fully saturated rings. The minimum absolute atomic E-state index is 0. The van der Waals surface area contributed by atoms with Gasteiger partial charge in [-0.3, -0.25) is 0 Å². The molecule has 0 aromatic heterocycles. The summed E-state index contributed by atoms with van der Waals surface area (Å²) in [6, 6.07) is 4.99. The number of hydrogen-bond donors (Lipinski definition) is 3. The van der Waals surface area contributed by atoms with Crippen LogP contribution in [0.1, 0.15) is 45.1 Å². The average molecular weight is 513 g/mol. The number of para-hydroxylation sites is 1. The van der Waals surface area contributed by atoms with Crippen LogP contribution in [-0.2, 0) is 6.54 Å². The molecule has 1 aliphatic carbocycles. The molecule has 0 heterocycles. The largest absolute Gasteiger partial charge is 0.490 e. The van der Waals surface area contributed by atoms with Crippen LogP contribution in [0.2, 0.25) is 0 Å². The van der Waals surface area contributed by atoms with Crippen LogP contribution in [0.3, 0.4) is 0 Å². The smallest absolute Gasteiger partial charge is 0.387 e. The molecule has 0 atom stereocenters. The van der Waals surface area contributed by atoms with Gasteiger partial charge in [-0.1, -0.05) is 25.0 Å². The van der Waals surface area contributed by atoms with Crippen LogP contribution in [0.5, 0.6) is 11.5 Å². The Morgan fingerprint density at radius 1 is 1.25 bits per heavy atom. The Labute approximate surface area is 182 Å². The third kappa shape index (κ3) is 7.57. The number of aliphatic imine (C=N–C) groups is 1. The molecule has 0 unspecified atom stereocenters. The van der Waals surface area contributed by atoms with Crippen molar-refractivity contribution < 1.29 is 23.4 Å². The number of alkyl halides is 2. The molecular weight excluding hydrogens is 483 g/mol. The molecule has 3 N–H and O–H groups in total. The highest BCUT2D eigenvalue weighted by molar-refractivity contribution is 14.0. The van der Waals surface area contributed by atoms with Crippen molar-refractivity contribution in [3.05, 3.63) is 23.8 Å². The lowest BCUT2D eigenvalue weighted by Crippen LogP contribution is -2.46. The fraction of sp³-hybridized carbons (Fsp3) is 0.632. The maximum atomic E-state index is 12.8. The minimum Gasteiger partial charge on any atom is -0.490 e. The van der Waals surface area contributed by atoms with E-state index < -0.39 is 12.2 Å². The molecule has 1 saturated carbocycles. The first-order valence-electron chi connectivity index (χ1n) is 9.41. The van der Waals surface area contributed by atoms with Gasteiger partial charge < -0.3 is 25.2 Å². The molecule has 0 bridgehead atoms. The maximum Gasteiger partial charge on any atom is 0.387 e. The molecule has 160 valence electrons. The molecule has 9 heteroatoms. The molecular formula is C19H30F2IN3O3. The quantitative estimate of drug-likeness (QED) is 0.267. The summed E-state index contributed by atoms with van der Waals surface area (Å²) >= 11 is 0. The van der Waals surface area contributed by atoms with E-state index >= 15 is 0 Å². The normalized spacial score (nSPS) is 15.9. The van der Waals surface area contributed by atoms with Gasteiger partial charge in [0.15, 0.2) is 17.5 Å². The third-order valence-corrected chi connectivity index (χ3v) is 4.44. The van der Waals surface area contributed by atoms with E-state index in [1.807, 2.05) is 6.92 Å². The summed E-state index contributed by atoms with van der Waals surface area (Å²) in [4.78, 5) is 4.45. The Morgan fingerprint density at radius 2 is 1.96 bits per heavy atom. The number of rotatable bonds is 9. The first-order valence-corrected chi connectivity index (χ1v) is 9.41. The molecule has 0 radical (unpaired) electrons. The summed E-state index contributed by atoms with van der Waals surface area (Å²) in [5.74, 6) is 0.787. The summed E-state index contributed by atoms with van der Waals surface area (Å²) < 4.78 is 35.7. The van der Waals surface area contributed by atoms with Gasteiger partial charge in [0.1, 0.15) is 0 Å². The Kier molecular flexibility index (Phi) is 10.8. The van der Waals surface area contributed by atoms with Crippen LogP contribution in [0.15, 0.2) is 23.2 Å².